The van der Waals surface area contributed by atoms with Gasteiger partial charge < -0.3 is 5.32 Å². The van der Waals surface area contributed by atoms with Gasteiger partial charge in [-0.15, -0.1) is 0 Å². The Morgan fingerprint density at radius 2 is 1.76 bits per heavy atom. The zero-order chi connectivity index (χ0) is 12.3. The lowest BCUT2D eigenvalue weighted by Crippen LogP contribution is -2.06. The average molecular weight is 248 g/mol. The highest BCUT2D eigenvalue weighted by Crippen LogP contribution is 2.25. The minimum Gasteiger partial charge on any atom is -0.372 e. The highest BCUT2D eigenvalue weighted by Gasteiger charge is 2.20. The summed E-state index contributed by atoms with van der Waals surface area (Å²) in [5, 5.41) is 2.78. The molecule has 0 aliphatic rings. The van der Waals surface area contributed by atoms with Gasteiger partial charge in [0.05, 0.1) is 4.90 Å². The van der Waals surface area contributed by atoms with Crippen molar-refractivity contribution in [3.63, 3.8) is 0 Å². The third-order valence-electron chi connectivity index (χ3n) is 2.35. The summed E-state index contributed by atoms with van der Waals surface area (Å²) in [4.78, 5) is 4.46. The number of nitrogens with one attached hydrogen (secondary N) is 1. The van der Waals surface area contributed by atoms with Crippen molar-refractivity contribution in [1.82, 2.24) is 4.98 Å². The maximum absolute atomic E-state index is 12.3. The van der Waals surface area contributed by atoms with Crippen molar-refractivity contribution in [2.45, 2.75) is 9.79 Å². The van der Waals surface area contributed by atoms with Gasteiger partial charge in [0.1, 0.15) is 10.7 Å². The number of rotatable bonds is 3. The first kappa shape index (κ1) is 11.6. The summed E-state index contributed by atoms with van der Waals surface area (Å²) in [7, 11) is -1.86. The van der Waals surface area contributed by atoms with Crippen LogP contribution in [0.15, 0.2) is 58.5 Å². The number of pyridine rings is 1. The van der Waals surface area contributed by atoms with Crippen molar-refractivity contribution >= 4 is 15.7 Å². The molecule has 1 aromatic heterocycles. The quantitative estimate of drug-likeness (QED) is 0.902. The molecule has 0 spiro atoms. The van der Waals surface area contributed by atoms with Crippen LogP contribution in [0.2, 0.25) is 0 Å². The van der Waals surface area contributed by atoms with Crippen LogP contribution >= 0.6 is 0 Å². The van der Waals surface area contributed by atoms with E-state index in [2.05, 4.69) is 10.3 Å². The van der Waals surface area contributed by atoms with Crippen LogP contribution in [-0.4, -0.2) is 20.4 Å². The van der Waals surface area contributed by atoms with Gasteiger partial charge in [-0.1, -0.05) is 18.2 Å². The summed E-state index contributed by atoms with van der Waals surface area (Å²) >= 11 is 0. The van der Waals surface area contributed by atoms with Crippen LogP contribution in [0.4, 0.5) is 5.82 Å². The van der Waals surface area contributed by atoms with Gasteiger partial charge in [0.25, 0.3) is 0 Å². The lowest BCUT2D eigenvalue weighted by Gasteiger charge is -2.08. The molecular formula is C12H12N2O2S. The third kappa shape index (κ3) is 2.14. The van der Waals surface area contributed by atoms with Crippen molar-refractivity contribution in [3.8, 4) is 0 Å². The predicted octanol–water partition coefficient (Wildman–Crippen LogP) is 1.96. The Morgan fingerprint density at radius 3 is 2.41 bits per heavy atom. The number of hydrogen-bond acceptors (Lipinski definition) is 4. The van der Waals surface area contributed by atoms with E-state index in [-0.39, 0.29) is 9.79 Å². The van der Waals surface area contributed by atoms with Gasteiger partial charge in [-0.05, 0) is 24.3 Å². The zero-order valence-corrected chi connectivity index (χ0v) is 10.1. The molecule has 5 heteroatoms. The van der Waals surface area contributed by atoms with Crippen molar-refractivity contribution in [1.29, 1.82) is 0 Å². The predicted molar refractivity (Wildman–Crippen MR) is 65.7 cm³/mol. The molecule has 1 aromatic carbocycles. The number of hydrogen-bond donors (Lipinski definition) is 1. The van der Waals surface area contributed by atoms with Crippen LogP contribution < -0.4 is 5.32 Å². The summed E-state index contributed by atoms with van der Waals surface area (Å²) in [6, 6.07) is 11.5. The molecule has 0 bridgehead atoms. The average Bonchev–Trinajstić information content (AvgIpc) is 2.39. The Kier molecular flexibility index (Phi) is 3.10. The summed E-state index contributed by atoms with van der Waals surface area (Å²) in [5.74, 6) is 0.358. The Labute approximate surface area is 100 Å². The fourth-order valence-electron chi connectivity index (χ4n) is 1.52. The number of aromatic nitrogens is 1. The standard InChI is InChI=1S/C12H12N2O2S/c1-13-12-11(8-5-9-14-12)17(15,16)10-6-3-2-4-7-10/h2-9H,1H3,(H,13,14). The third-order valence-corrected chi connectivity index (χ3v) is 4.15. The fraction of sp³-hybridized carbons (Fsp3) is 0.0833. The van der Waals surface area contributed by atoms with Gasteiger partial charge in [-0.2, -0.15) is 0 Å². The van der Waals surface area contributed by atoms with Gasteiger partial charge in [0.2, 0.25) is 9.84 Å². The van der Waals surface area contributed by atoms with Gasteiger partial charge in [0.15, 0.2) is 0 Å². The number of sulfone groups is 1. The molecule has 2 rings (SSSR count). The second kappa shape index (κ2) is 4.55. The van der Waals surface area contributed by atoms with E-state index in [4.69, 9.17) is 0 Å². The van der Waals surface area contributed by atoms with E-state index in [1.54, 1.807) is 55.7 Å². The lowest BCUT2D eigenvalue weighted by molar-refractivity contribution is 0.596. The molecule has 0 fully saturated rings. The van der Waals surface area contributed by atoms with Crippen molar-refractivity contribution in [2.75, 3.05) is 12.4 Å². The molecule has 0 unspecified atom stereocenters. The van der Waals surface area contributed by atoms with Gasteiger partial charge in [0, 0.05) is 13.2 Å². The Balaban J connectivity index is 2.61. The Hall–Kier alpha value is -1.88. The minimum absolute atomic E-state index is 0.189. The minimum atomic E-state index is -3.51. The smallest absolute Gasteiger partial charge is 0.210 e. The van der Waals surface area contributed by atoms with E-state index in [0.29, 0.717) is 5.82 Å². The van der Waals surface area contributed by atoms with Crippen LogP contribution in [0.3, 0.4) is 0 Å². The highest BCUT2D eigenvalue weighted by molar-refractivity contribution is 7.91. The molecule has 0 saturated heterocycles. The molecule has 0 amide bonds. The molecule has 0 aliphatic carbocycles. The molecule has 4 nitrogen and oxygen atoms in total. The SMILES string of the molecule is CNc1ncccc1S(=O)(=O)c1ccccc1. The van der Waals surface area contributed by atoms with Gasteiger partial charge >= 0.3 is 0 Å². The van der Waals surface area contributed by atoms with Gasteiger partial charge in [-0.25, -0.2) is 13.4 Å². The fourth-order valence-corrected chi connectivity index (χ4v) is 2.96. The molecule has 17 heavy (non-hydrogen) atoms. The number of anilines is 1. The zero-order valence-electron chi connectivity index (χ0n) is 9.29. The second-order valence-corrected chi connectivity index (χ2v) is 5.33. The van der Waals surface area contributed by atoms with Crippen LogP contribution in [0.25, 0.3) is 0 Å². The van der Waals surface area contributed by atoms with Crippen molar-refractivity contribution in [2.24, 2.45) is 0 Å². The van der Waals surface area contributed by atoms with E-state index in [9.17, 15) is 8.42 Å². The first-order valence-corrected chi connectivity index (χ1v) is 6.57. The molecule has 88 valence electrons. The molecule has 0 atom stereocenters. The van der Waals surface area contributed by atoms with Crippen molar-refractivity contribution in [3.05, 3.63) is 48.7 Å². The topological polar surface area (TPSA) is 59.1 Å². The summed E-state index contributed by atoms with van der Waals surface area (Å²) in [5.41, 5.74) is 0. The molecular weight excluding hydrogens is 236 g/mol. The molecule has 2 aromatic rings. The van der Waals surface area contributed by atoms with Gasteiger partial charge in [-0.3, -0.25) is 0 Å². The number of benzene rings is 1. The monoisotopic (exact) mass is 248 g/mol. The normalized spacial score (nSPS) is 11.1. The second-order valence-electron chi connectivity index (χ2n) is 3.42. The van der Waals surface area contributed by atoms with E-state index >= 15 is 0 Å². The largest absolute Gasteiger partial charge is 0.372 e. The molecule has 0 radical (unpaired) electrons. The van der Waals surface area contributed by atoms with E-state index in [1.807, 2.05) is 0 Å². The highest BCUT2D eigenvalue weighted by atomic mass is 32.2. The lowest BCUT2D eigenvalue weighted by atomic mass is 10.4. The molecule has 0 aliphatic heterocycles. The van der Waals surface area contributed by atoms with Crippen LogP contribution in [0.1, 0.15) is 0 Å². The number of nitrogens with zero attached hydrogens (tertiary/aromatic N) is 1. The van der Waals surface area contributed by atoms with E-state index < -0.39 is 9.84 Å². The molecule has 1 heterocycles. The van der Waals surface area contributed by atoms with Crippen molar-refractivity contribution < 1.29 is 8.42 Å². The molecule has 0 saturated carbocycles. The summed E-state index contributed by atoms with van der Waals surface area (Å²) in [6.45, 7) is 0. The first-order valence-electron chi connectivity index (χ1n) is 5.09. The van der Waals surface area contributed by atoms with Crippen LogP contribution in [-0.2, 0) is 9.84 Å². The summed E-state index contributed by atoms with van der Waals surface area (Å²) in [6.07, 6.45) is 1.55. The van der Waals surface area contributed by atoms with E-state index in [0.717, 1.165) is 0 Å². The van der Waals surface area contributed by atoms with Crippen LogP contribution in [0, 0.1) is 0 Å². The molecule has 1 N–H and O–H groups in total. The Morgan fingerprint density at radius 1 is 1.06 bits per heavy atom. The maximum Gasteiger partial charge on any atom is 0.210 e. The van der Waals surface area contributed by atoms with E-state index in [1.165, 1.54) is 0 Å². The Bertz CT molecular complexity index is 609. The van der Waals surface area contributed by atoms with Crippen LogP contribution in [0.5, 0.6) is 0 Å². The maximum atomic E-state index is 12.3. The first-order chi connectivity index (χ1) is 8.16. The summed E-state index contributed by atoms with van der Waals surface area (Å²) < 4.78 is 24.7.